The Balaban J connectivity index is 1.40. The minimum atomic E-state index is -2.83. The van der Waals surface area contributed by atoms with Crippen LogP contribution in [0.3, 0.4) is 0 Å². The summed E-state index contributed by atoms with van der Waals surface area (Å²) in [7, 11) is 0.153. The Bertz CT molecular complexity index is 1370. The lowest BCUT2D eigenvalue weighted by Gasteiger charge is -2.46. The standard InChI is InChI=1S/C29H36ClF2N3O6Si/c1-38-25-13-22(33-27(37)26-20(15-36)14-35(34-26)23-8-5-21(30)6-9-23)7-10-24(25)40-18-28(16-29(31,32)17-28)41-19-39-11-12-42(2,3)4/h5-10,13-14,36H,11-12,15-19H2,1-4H3,(H,33,37). The van der Waals surface area contributed by atoms with Gasteiger partial charge in [-0.25, -0.2) is 13.5 Å². The molecule has 0 aliphatic heterocycles. The topological polar surface area (TPSA) is 104 Å². The summed E-state index contributed by atoms with van der Waals surface area (Å²) in [5, 5.41) is 17.4. The number of carbonyl (C=O) groups excluding carboxylic acids is 1. The molecule has 0 bridgehead atoms. The van der Waals surface area contributed by atoms with Crippen molar-refractivity contribution in [3.63, 3.8) is 0 Å². The first kappa shape index (κ1) is 31.9. The maximum atomic E-state index is 13.9. The van der Waals surface area contributed by atoms with Crippen LogP contribution in [0.25, 0.3) is 5.69 Å². The first-order valence-corrected chi connectivity index (χ1v) is 17.6. The minimum absolute atomic E-state index is 0.0452. The molecule has 1 saturated carbocycles. The van der Waals surface area contributed by atoms with E-state index in [0.29, 0.717) is 34.3 Å². The second kappa shape index (κ2) is 13.1. The van der Waals surface area contributed by atoms with Gasteiger partial charge in [0, 0.05) is 56.1 Å². The van der Waals surface area contributed by atoms with Crippen molar-refractivity contribution in [3.8, 4) is 17.2 Å². The van der Waals surface area contributed by atoms with E-state index in [1.165, 1.54) is 11.8 Å². The van der Waals surface area contributed by atoms with E-state index in [9.17, 15) is 18.7 Å². The fourth-order valence-electron chi connectivity index (χ4n) is 4.45. The van der Waals surface area contributed by atoms with Crippen molar-refractivity contribution in [1.82, 2.24) is 9.78 Å². The monoisotopic (exact) mass is 623 g/mol. The molecule has 42 heavy (non-hydrogen) atoms. The molecule has 9 nitrogen and oxygen atoms in total. The van der Waals surface area contributed by atoms with Crippen molar-refractivity contribution in [2.45, 2.75) is 56.7 Å². The van der Waals surface area contributed by atoms with Crippen LogP contribution in [-0.4, -0.2) is 67.5 Å². The van der Waals surface area contributed by atoms with Gasteiger partial charge in [0.2, 0.25) is 0 Å². The van der Waals surface area contributed by atoms with E-state index in [-0.39, 0.29) is 24.8 Å². The smallest absolute Gasteiger partial charge is 0.276 e. The Morgan fingerprint density at radius 3 is 2.48 bits per heavy atom. The molecule has 1 aliphatic carbocycles. The van der Waals surface area contributed by atoms with Crippen molar-refractivity contribution < 1.29 is 37.6 Å². The summed E-state index contributed by atoms with van der Waals surface area (Å²) in [4.78, 5) is 13.1. The SMILES string of the molecule is COc1cc(NC(=O)c2nn(-c3ccc(Cl)cc3)cc2CO)ccc1OCC1(OCOCC[Si](C)(C)C)CC(F)(F)C1. The summed E-state index contributed by atoms with van der Waals surface area (Å²) < 4.78 is 51.8. The van der Waals surface area contributed by atoms with Crippen LogP contribution in [0.1, 0.15) is 28.9 Å². The maximum absolute atomic E-state index is 13.9. The number of ether oxygens (including phenoxy) is 4. The highest BCUT2D eigenvalue weighted by molar-refractivity contribution is 6.76. The predicted molar refractivity (Wildman–Crippen MR) is 158 cm³/mol. The van der Waals surface area contributed by atoms with E-state index in [1.54, 1.807) is 48.7 Å². The Morgan fingerprint density at radius 1 is 1.14 bits per heavy atom. The Morgan fingerprint density at radius 2 is 1.86 bits per heavy atom. The van der Waals surface area contributed by atoms with E-state index >= 15 is 0 Å². The molecule has 0 radical (unpaired) electrons. The zero-order chi connectivity index (χ0) is 30.5. The molecule has 1 amide bonds. The summed E-state index contributed by atoms with van der Waals surface area (Å²) in [5.74, 6) is -2.78. The van der Waals surface area contributed by atoms with Gasteiger partial charge < -0.3 is 29.4 Å². The normalized spacial score (nSPS) is 15.6. The van der Waals surface area contributed by atoms with Crippen molar-refractivity contribution >= 4 is 31.3 Å². The number of anilines is 1. The van der Waals surface area contributed by atoms with E-state index < -0.39 is 45.0 Å². The lowest BCUT2D eigenvalue weighted by atomic mass is 9.77. The summed E-state index contributed by atoms with van der Waals surface area (Å²) in [5.41, 5.74) is 0.251. The van der Waals surface area contributed by atoms with Crippen LogP contribution in [0.15, 0.2) is 48.7 Å². The van der Waals surface area contributed by atoms with Gasteiger partial charge in [0.1, 0.15) is 19.0 Å². The van der Waals surface area contributed by atoms with Gasteiger partial charge in [-0.2, -0.15) is 5.10 Å². The number of carbonyl (C=O) groups is 1. The third kappa shape index (κ3) is 8.29. The fraction of sp³-hybridized carbons (Fsp3) is 0.448. The number of hydrogen-bond acceptors (Lipinski definition) is 7. The molecule has 1 aliphatic rings. The number of amides is 1. The van der Waals surface area contributed by atoms with Crippen LogP contribution in [0, 0.1) is 0 Å². The number of aliphatic hydroxyl groups excluding tert-OH is 1. The van der Waals surface area contributed by atoms with Gasteiger partial charge in [0.15, 0.2) is 17.2 Å². The van der Waals surface area contributed by atoms with Crippen molar-refractivity contribution in [1.29, 1.82) is 0 Å². The molecule has 0 unspecified atom stereocenters. The summed E-state index contributed by atoms with van der Waals surface area (Å²) in [6.45, 7) is 6.60. The average molecular weight is 624 g/mol. The van der Waals surface area contributed by atoms with Gasteiger partial charge >= 0.3 is 0 Å². The van der Waals surface area contributed by atoms with Crippen LogP contribution in [0.2, 0.25) is 30.7 Å². The van der Waals surface area contributed by atoms with E-state index in [1.807, 2.05) is 0 Å². The molecule has 0 spiro atoms. The molecule has 2 N–H and O–H groups in total. The van der Waals surface area contributed by atoms with Crippen molar-refractivity contribution in [2.75, 3.05) is 32.4 Å². The van der Waals surface area contributed by atoms with E-state index in [2.05, 4.69) is 30.1 Å². The molecule has 4 rings (SSSR count). The molecule has 1 aromatic heterocycles. The first-order chi connectivity index (χ1) is 19.8. The predicted octanol–water partition coefficient (Wildman–Crippen LogP) is 6.15. The van der Waals surface area contributed by atoms with Crippen LogP contribution < -0.4 is 14.8 Å². The molecule has 1 fully saturated rings. The third-order valence-corrected chi connectivity index (χ3v) is 8.74. The third-order valence-electron chi connectivity index (χ3n) is 6.79. The number of hydrogen-bond donors (Lipinski definition) is 2. The molecular formula is C29H36ClF2N3O6Si. The largest absolute Gasteiger partial charge is 0.493 e. The van der Waals surface area contributed by atoms with Gasteiger partial charge in [-0.05, 0) is 42.4 Å². The van der Waals surface area contributed by atoms with Crippen LogP contribution in [0.4, 0.5) is 14.5 Å². The van der Waals surface area contributed by atoms with Crippen molar-refractivity contribution in [3.05, 3.63) is 64.9 Å². The van der Waals surface area contributed by atoms with Crippen LogP contribution >= 0.6 is 11.6 Å². The minimum Gasteiger partial charge on any atom is -0.493 e. The lowest BCUT2D eigenvalue weighted by Crippen LogP contribution is -2.57. The molecule has 13 heteroatoms. The zero-order valence-corrected chi connectivity index (χ0v) is 25.8. The van der Waals surface area contributed by atoms with Crippen LogP contribution in [0.5, 0.6) is 11.5 Å². The Labute approximate surface area is 249 Å². The number of alkyl halides is 2. The molecule has 1 heterocycles. The van der Waals surface area contributed by atoms with E-state index in [0.717, 1.165) is 6.04 Å². The number of nitrogens with zero attached hydrogens (tertiary/aromatic N) is 2. The number of aromatic nitrogens is 2. The zero-order valence-electron chi connectivity index (χ0n) is 24.1. The highest BCUT2D eigenvalue weighted by Crippen LogP contribution is 2.48. The molecule has 0 atom stereocenters. The summed E-state index contributed by atoms with van der Waals surface area (Å²) in [6, 6.07) is 12.5. The van der Waals surface area contributed by atoms with Gasteiger partial charge in [-0.1, -0.05) is 31.2 Å². The van der Waals surface area contributed by atoms with Gasteiger partial charge in [-0.15, -0.1) is 0 Å². The molecule has 3 aromatic rings. The number of nitrogens with one attached hydrogen (secondary N) is 1. The van der Waals surface area contributed by atoms with Gasteiger partial charge in [-0.3, -0.25) is 4.79 Å². The van der Waals surface area contributed by atoms with E-state index in [4.69, 9.17) is 30.5 Å². The van der Waals surface area contributed by atoms with Gasteiger partial charge in [0.05, 0.1) is 19.4 Å². The van der Waals surface area contributed by atoms with Crippen molar-refractivity contribution in [2.24, 2.45) is 0 Å². The Hall–Kier alpha value is -3.03. The summed E-state index contributed by atoms with van der Waals surface area (Å²) >= 11 is 5.95. The summed E-state index contributed by atoms with van der Waals surface area (Å²) in [6.07, 6.45) is 0.627. The highest BCUT2D eigenvalue weighted by Gasteiger charge is 2.58. The first-order valence-electron chi connectivity index (χ1n) is 13.5. The molecule has 228 valence electrons. The van der Waals surface area contributed by atoms with Gasteiger partial charge in [0.25, 0.3) is 11.8 Å². The lowest BCUT2D eigenvalue weighted by molar-refractivity contribution is -0.264. The molecule has 2 aromatic carbocycles. The fourth-order valence-corrected chi connectivity index (χ4v) is 5.33. The number of rotatable bonds is 14. The highest BCUT2D eigenvalue weighted by atomic mass is 35.5. The second-order valence-electron chi connectivity index (χ2n) is 11.6. The quantitative estimate of drug-likeness (QED) is 0.126. The number of benzene rings is 2. The molecular weight excluding hydrogens is 588 g/mol. The maximum Gasteiger partial charge on any atom is 0.276 e. The number of methoxy groups -OCH3 is 1. The second-order valence-corrected chi connectivity index (χ2v) is 17.6. The number of halogens is 3. The average Bonchev–Trinajstić information content (AvgIpc) is 3.35. The van der Waals surface area contributed by atoms with Crippen LogP contribution in [-0.2, 0) is 16.1 Å². The Kier molecular flexibility index (Phi) is 9.94. The number of aliphatic hydroxyl groups is 1. The molecule has 0 saturated heterocycles.